The number of hydrogen-bond acceptors (Lipinski definition) is 2. The molecule has 0 fully saturated rings. The van der Waals surface area contributed by atoms with Gasteiger partial charge in [-0.2, -0.15) is 0 Å². The first-order chi connectivity index (χ1) is 6.94. The standard InChI is InChI=1S/C9H11BrClNO2S/c1-7(12-15(13,14)6-11)8-2-4-9(10)5-3-8/h2-5,7,12H,6H2,1H3/t7-/m1/s1. The molecule has 0 unspecified atom stereocenters. The van der Waals surface area contributed by atoms with E-state index < -0.39 is 15.2 Å². The molecule has 0 saturated carbocycles. The van der Waals surface area contributed by atoms with Gasteiger partial charge in [-0.15, -0.1) is 11.6 Å². The van der Waals surface area contributed by atoms with E-state index in [1.165, 1.54) is 0 Å². The maximum atomic E-state index is 11.2. The van der Waals surface area contributed by atoms with E-state index in [2.05, 4.69) is 20.7 Å². The molecule has 1 aromatic rings. The van der Waals surface area contributed by atoms with Gasteiger partial charge >= 0.3 is 0 Å². The fraction of sp³-hybridized carbons (Fsp3) is 0.333. The Hall–Kier alpha value is -0.100. The first-order valence-electron chi connectivity index (χ1n) is 4.26. The molecule has 1 atom stereocenters. The molecule has 6 heteroatoms. The molecule has 0 aliphatic carbocycles. The molecule has 0 radical (unpaired) electrons. The summed E-state index contributed by atoms with van der Waals surface area (Å²) in [4.78, 5) is 0. The van der Waals surface area contributed by atoms with Crippen molar-refractivity contribution in [3.8, 4) is 0 Å². The van der Waals surface area contributed by atoms with Crippen LogP contribution >= 0.6 is 27.5 Å². The molecule has 1 N–H and O–H groups in total. The molecule has 0 aliphatic heterocycles. The molecule has 0 spiro atoms. The minimum absolute atomic E-state index is 0.276. The molecule has 0 saturated heterocycles. The van der Waals surface area contributed by atoms with Gasteiger partial charge < -0.3 is 0 Å². The second-order valence-electron chi connectivity index (χ2n) is 3.11. The van der Waals surface area contributed by atoms with Crippen molar-refractivity contribution in [3.05, 3.63) is 34.3 Å². The van der Waals surface area contributed by atoms with E-state index in [1.54, 1.807) is 6.92 Å². The molecule has 1 rings (SSSR count). The van der Waals surface area contributed by atoms with Crippen LogP contribution in [0.2, 0.25) is 0 Å². The van der Waals surface area contributed by atoms with Crippen LogP contribution in [-0.2, 0) is 10.0 Å². The lowest BCUT2D eigenvalue weighted by Gasteiger charge is -2.13. The Morgan fingerprint density at radius 1 is 1.40 bits per heavy atom. The zero-order chi connectivity index (χ0) is 11.5. The van der Waals surface area contributed by atoms with Crippen LogP contribution in [0.5, 0.6) is 0 Å². The van der Waals surface area contributed by atoms with Gasteiger partial charge in [-0.3, -0.25) is 0 Å². The summed E-state index contributed by atoms with van der Waals surface area (Å²) in [5.74, 6) is 0. The number of nitrogens with one attached hydrogen (secondary N) is 1. The van der Waals surface area contributed by atoms with Crippen LogP contribution in [0.3, 0.4) is 0 Å². The zero-order valence-corrected chi connectivity index (χ0v) is 11.2. The highest BCUT2D eigenvalue weighted by Crippen LogP contribution is 2.17. The first-order valence-corrected chi connectivity index (χ1v) is 7.24. The van der Waals surface area contributed by atoms with Crippen LogP contribution in [0.4, 0.5) is 0 Å². The van der Waals surface area contributed by atoms with Crippen molar-refractivity contribution in [2.45, 2.75) is 13.0 Å². The highest BCUT2D eigenvalue weighted by atomic mass is 79.9. The Morgan fingerprint density at radius 3 is 2.40 bits per heavy atom. The minimum atomic E-state index is -3.37. The normalized spacial score (nSPS) is 13.8. The first kappa shape index (κ1) is 13.0. The lowest BCUT2D eigenvalue weighted by molar-refractivity contribution is 0.571. The maximum absolute atomic E-state index is 11.2. The summed E-state index contributed by atoms with van der Waals surface area (Å²) in [5, 5.41) is -0.423. The maximum Gasteiger partial charge on any atom is 0.226 e. The smallest absolute Gasteiger partial charge is 0.211 e. The van der Waals surface area contributed by atoms with Gasteiger partial charge in [0.25, 0.3) is 0 Å². The molecule has 0 bridgehead atoms. The number of rotatable bonds is 4. The average Bonchev–Trinajstić information content (AvgIpc) is 2.18. The second-order valence-corrected chi connectivity index (χ2v) is 6.37. The summed E-state index contributed by atoms with van der Waals surface area (Å²) in [6, 6.07) is 7.15. The Balaban J connectivity index is 2.78. The molecule has 84 valence electrons. The van der Waals surface area contributed by atoms with Gasteiger partial charge in [0.1, 0.15) is 5.21 Å². The van der Waals surface area contributed by atoms with E-state index in [1.807, 2.05) is 24.3 Å². The van der Waals surface area contributed by atoms with Crippen LogP contribution < -0.4 is 4.72 Å². The Labute approximate surface area is 103 Å². The molecule has 0 heterocycles. The predicted octanol–water partition coefficient (Wildman–Crippen LogP) is 2.63. The van der Waals surface area contributed by atoms with E-state index in [0.29, 0.717) is 0 Å². The lowest BCUT2D eigenvalue weighted by Crippen LogP contribution is -2.27. The quantitative estimate of drug-likeness (QED) is 0.869. The zero-order valence-electron chi connectivity index (χ0n) is 8.07. The summed E-state index contributed by atoms with van der Waals surface area (Å²) in [6.07, 6.45) is 0. The number of sulfonamides is 1. The Bertz CT molecular complexity index is 418. The average molecular weight is 313 g/mol. The lowest BCUT2D eigenvalue weighted by atomic mass is 10.1. The minimum Gasteiger partial charge on any atom is -0.211 e. The third-order valence-corrected chi connectivity index (χ3v) is 4.26. The van der Waals surface area contributed by atoms with Crippen LogP contribution in [0.15, 0.2) is 28.7 Å². The predicted molar refractivity (Wildman–Crippen MR) is 65.3 cm³/mol. The van der Waals surface area contributed by atoms with Gasteiger partial charge in [0.2, 0.25) is 10.0 Å². The fourth-order valence-corrected chi connectivity index (χ4v) is 2.31. The Kier molecular flexibility index (Phi) is 4.58. The van der Waals surface area contributed by atoms with Gasteiger partial charge in [0, 0.05) is 10.5 Å². The van der Waals surface area contributed by atoms with E-state index in [4.69, 9.17) is 11.6 Å². The summed E-state index contributed by atoms with van der Waals surface area (Å²) in [5.41, 5.74) is 0.895. The van der Waals surface area contributed by atoms with E-state index in [0.717, 1.165) is 10.0 Å². The largest absolute Gasteiger partial charge is 0.226 e. The van der Waals surface area contributed by atoms with Crippen LogP contribution in [0.1, 0.15) is 18.5 Å². The highest BCUT2D eigenvalue weighted by molar-refractivity contribution is 9.10. The number of hydrogen-bond donors (Lipinski definition) is 1. The molecule has 0 amide bonds. The van der Waals surface area contributed by atoms with Crippen molar-refractivity contribution in [1.82, 2.24) is 4.72 Å². The SMILES string of the molecule is C[C@@H](NS(=O)(=O)CCl)c1ccc(Br)cc1. The van der Waals surface area contributed by atoms with Crippen molar-refractivity contribution in [2.75, 3.05) is 5.21 Å². The van der Waals surface area contributed by atoms with Gasteiger partial charge in [-0.25, -0.2) is 13.1 Å². The third kappa shape index (κ3) is 4.10. The summed E-state index contributed by atoms with van der Waals surface area (Å²) in [7, 11) is -3.37. The molecule has 15 heavy (non-hydrogen) atoms. The van der Waals surface area contributed by atoms with E-state index >= 15 is 0 Å². The van der Waals surface area contributed by atoms with Gasteiger partial charge in [0.15, 0.2) is 0 Å². The van der Waals surface area contributed by atoms with Crippen LogP contribution in [0, 0.1) is 0 Å². The molecular weight excluding hydrogens is 302 g/mol. The van der Waals surface area contributed by atoms with E-state index in [-0.39, 0.29) is 6.04 Å². The van der Waals surface area contributed by atoms with Gasteiger partial charge in [-0.05, 0) is 24.6 Å². The van der Waals surface area contributed by atoms with Crippen LogP contribution in [-0.4, -0.2) is 13.6 Å². The van der Waals surface area contributed by atoms with Crippen molar-refractivity contribution >= 4 is 37.6 Å². The van der Waals surface area contributed by atoms with Crippen molar-refractivity contribution in [2.24, 2.45) is 0 Å². The topological polar surface area (TPSA) is 46.2 Å². The van der Waals surface area contributed by atoms with Crippen molar-refractivity contribution < 1.29 is 8.42 Å². The molecule has 3 nitrogen and oxygen atoms in total. The molecule has 1 aromatic carbocycles. The van der Waals surface area contributed by atoms with Gasteiger partial charge in [-0.1, -0.05) is 28.1 Å². The summed E-state index contributed by atoms with van der Waals surface area (Å²) >= 11 is 8.60. The van der Waals surface area contributed by atoms with Crippen LogP contribution in [0.25, 0.3) is 0 Å². The number of benzene rings is 1. The number of halogens is 2. The highest BCUT2D eigenvalue weighted by Gasteiger charge is 2.13. The summed E-state index contributed by atoms with van der Waals surface area (Å²) < 4.78 is 25.8. The fourth-order valence-electron chi connectivity index (χ4n) is 1.12. The Morgan fingerprint density at radius 2 is 1.93 bits per heavy atom. The van der Waals surface area contributed by atoms with Crippen molar-refractivity contribution in [3.63, 3.8) is 0 Å². The van der Waals surface area contributed by atoms with Gasteiger partial charge in [0.05, 0.1) is 0 Å². The molecular formula is C9H11BrClNO2S. The third-order valence-electron chi connectivity index (χ3n) is 1.87. The second kappa shape index (κ2) is 5.30. The number of alkyl halides is 1. The van der Waals surface area contributed by atoms with E-state index in [9.17, 15) is 8.42 Å². The van der Waals surface area contributed by atoms with Crippen molar-refractivity contribution in [1.29, 1.82) is 0 Å². The molecule has 0 aliphatic rings. The molecule has 0 aromatic heterocycles. The summed E-state index contributed by atoms with van der Waals surface area (Å²) in [6.45, 7) is 1.77. The monoisotopic (exact) mass is 311 g/mol.